The molecule has 6 nitrogen and oxygen atoms in total. The number of aromatic nitrogens is 2. The molecule has 2 aliphatic heterocycles. The molecule has 0 aliphatic carbocycles. The zero-order valence-corrected chi connectivity index (χ0v) is 19.5. The Kier molecular flexibility index (Phi) is 5.71. The van der Waals surface area contributed by atoms with Gasteiger partial charge in [-0.15, -0.1) is 0 Å². The second kappa shape index (κ2) is 8.67. The van der Waals surface area contributed by atoms with Crippen molar-refractivity contribution in [3.05, 3.63) is 82.3 Å². The van der Waals surface area contributed by atoms with Crippen molar-refractivity contribution in [3.8, 4) is 5.69 Å². The van der Waals surface area contributed by atoms with E-state index in [0.29, 0.717) is 12.2 Å². The van der Waals surface area contributed by atoms with E-state index >= 15 is 0 Å². The van der Waals surface area contributed by atoms with E-state index in [1.165, 1.54) is 0 Å². The van der Waals surface area contributed by atoms with Gasteiger partial charge in [0.1, 0.15) is 5.54 Å². The summed E-state index contributed by atoms with van der Waals surface area (Å²) < 4.78 is 3.90. The molecule has 0 unspecified atom stereocenters. The second-order valence-electron chi connectivity index (χ2n) is 9.21. The molecule has 2 aromatic carbocycles. The Bertz CT molecular complexity index is 1190. The van der Waals surface area contributed by atoms with Crippen LogP contribution in [0.15, 0.2) is 65.5 Å². The van der Waals surface area contributed by atoms with Gasteiger partial charge < -0.3 is 4.90 Å². The van der Waals surface area contributed by atoms with E-state index < -0.39 is 0 Å². The number of anilines is 1. The van der Waals surface area contributed by atoms with E-state index in [1.807, 2.05) is 55.5 Å². The van der Waals surface area contributed by atoms with Gasteiger partial charge in [0.2, 0.25) is 0 Å². The predicted octanol–water partition coefficient (Wildman–Crippen LogP) is 3.78. The Morgan fingerprint density at radius 1 is 0.848 bits per heavy atom. The molecule has 0 bridgehead atoms. The fraction of sp³-hybridized carbons (Fsp3) is 0.407. The lowest BCUT2D eigenvalue weighted by atomic mass is 9.83. The van der Waals surface area contributed by atoms with Crippen molar-refractivity contribution in [2.75, 3.05) is 24.5 Å². The molecule has 0 N–H and O–H groups in total. The lowest BCUT2D eigenvalue weighted by Gasteiger charge is -2.44. The van der Waals surface area contributed by atoms with Crippen LogP contribution in [0.4, 0.5) is 5.69 Å². The first-order valence-corrected chi connectivity index (χ1v) is 12.0. The van der Waals surface area contributed by atoms with Crippen LogP contribution in [-0.4, -0.2) is 45.2 Å². The van der Waals surface area contributed by atoms with Gasteiger partial charge in [0.05, 0.1) is 11.4 Å². The van der Waals surface area contributed by atoms with Crippen molar-refractivity contribution in [3.63, 3.8) is 0 Å². The molecule has 2 saturated heterocycles. The Hall–Kier alpha value is -3.12. The van der Waals surface area contributed by atoms with Gasteiger partial charge in [-0.05, 0) is 51.0 Å². The van der Waals surface area contributed by atoms with Crippen molar-refractivity contribution < 1.29 is 4.79 Å². The average Bonchev–Trinajstić information content (AvgIpc) is 3.30. The van der Waals surface area contributed by atoms with E-state index in [1.54, 1.807) is 4.68 Å². The lowest BCUT2D eigenvalue weighted by Crippen LogP contribution is -2.55. The van der Waals surface area contributed by atoms with E-state index in [0.717, 1.165) is 68.2 Å². The number of Topliss-reactive ketones (excluding diaryl/α,β-unsaturated/α-hetero) is 1. The maximum atomic E-state index is 13.1. The maximum Gasteiger partial charge on any atom is 0.274 e. The van der Waals surface area contributed by atoms with Gasteiger partial charge in [-0.2, -0.15) is 0 Å². The number of carbonyl (C=O) groups excluding carboxylic acids is 1. The number of likely N-dealkylation sites (tertiary alicyclic amines) is 1. The van der Waals surface area contributed by atoms with Crippen LogP contribution in [0.5, 0.6) is 0 Å². The Morgan fingerprint density at radius 2 is 1.45 bits per heavy atom. The van der Waals surface area contributed by atoms with Crippen molar-refractivity contribution in [2.24, 2.45) is 0 Å². The minimum atomic E-state index is -0.382. The number of hydrogen-bond acceptors (Lipinski definition) is 4. The van der Waals surface area contributed by atoms with Gasteiger partial charge >= 0.3 is 0 Å². The van der Waals surface area contributed by atoms with Crippen LogP contribution >= 0.6 is 0 Å². The third-order valence-corrected chi connectivity index (χ3v) is 7.52. The van der Waals surface area contributed by atoms with Gasteiger partial charge in [0, 0.05) is 50.4 Å². The topological polar surface area (TPSA) is 50.5 Å². The van der Waals surface area contributed by atoms with Crippen molar-refractivity contribution in [1.82, 2.24) is 14.3 Å². The summed E-state index contributed by atoms with van der Waals surface area (Å²) in [7, 11) is 0. The van der Waals surface area contributed by atoms with E-state index in [-0.39, 0.29) is 11.1 Å². The fourth-order valence-corrected chi connectivity index (χ4v) is 5.70. The van der Waals surface area contributed by atoms with Gasteiger partial charge in [-0.25, -0.2) is 4.68 Å². The number of nitrogens with zero attached hydrogens (tertiary/aromatic N) is 4. The lowest BCUT2D eigenvalue weighted by molar-refractivity contribution is -0.123. The fourth-order valence-electron chi connectivity index (χ4n) is 5.70. The molecule has 0 saturated carbocycles. The van der Waals surface area contributed by atoms with Crippen LogP contribution in [0.3, 0.4) is 0 Å². The molecule has 172 valence electrons. The molecule has 3 heterocycles. The second-order valence-corrected chi connectivity index (χ2v) is 9.21. The molecule has 5 rings (SSSR count). The van der Waals surface area contributed by atoms with E-state index in [4.69, 9.17) is 0 Å². The molecule has 0 radical (unpaired) electrons. The van der Waals surface area contributed by atoms with Gasteiger partial charge in [0.25, 0.3) is 5.56 Å². The minimum absolute atomic E-state index is 0.0488. The summed E-state index contributed by atoms with van der Waals surface area (Å²) in [4.78, 5) is 30.9. The van der Waals surface area contributed by atoms with Crippen LogP contribution in [0.1, 0.15) is 37.4 Å². The van der Waals surface area contributed by atoms with Crippen LogP contribution < -0.4 is 10.5 Å². The van der Waals surface area contributed by atoms with Crippen molar-refractivity contribution in [2.45, 2.75) is 51.7 Å². The predicted molar refractivity (Wildman–Crippen MR) is 131 cm³/mol. The first kappa shape index (κ1) is 21.7. The highest BCUT2D eigenvalue weighted by atomic mass is 16.1. The van der Waals surface area contributed by atoms with Crippen molar-refractivity contribution in [1.29, 1.82) is 0 Å². The molecular weight excluding hydrogens is 412 g/mol. The smallest absolute Gasteiger partial charge is 0.274 e. The number of hydrogen-bond donors (Lipinski definition) is 0. The third-order valence-electron chi connectivity index (χ3n) is 7.52. The molecule has 2 aliphatic rings. The molecular formula is C27H32N4O2. The zero-order valence-electron chi connectivity index (χ0n) is 19.5. The van der Waals surface area contributed by atoms with Gasteiger partial charge in [-0.1, -0.05) is 36.4 Å². The molecule has 33 heavy (non-hydrogen) atoms. The molecule has 0 amide bonds. The quantitative estimate of drug-likeness (QED) is 0.601. The maximum absolute atomic E-state index is 13.1. The first-order valence-electron chi connectivity index (χ1n) is 12.0. The number of benzene rings is 2. The Balaban J connectivity index is 1.38. The largest absolute Gasteiger partial charge is 0.358 e. The van der Waals surface area contributed by atoms with Gasteiger partial charge in [-0.3, -0.25) is 19.2 Å². The van der Waals surface area contributed by atoms with Gasteiger partial charge in [0.15, 0.2) is 5.78 Å². The van der Waals surface area contributed by atoms with E-state index in [2.05, 4.69) is 33.5 Å². The number of rotatable bonds is 5. The van der Waals surface area contributed by atoms with Crippen LogP contribution in [0.25, 0.3) is 5.69 Å². The highest BCUT2D eigenvalue weighted by Crippen LogP contribution is 2.39. The molecule has 2 fully saturated rings. The molecule has 0 atom stereocenters. The summed E-state index contributed by atoms with van der Waals surface area (Å²) >= 11 is 0. The summed E-state index contributed by atoms with van der Waals surface area (Å²) in [6.45, 7) is 7.98. The summed E-state index contributed by atoms with van der Waals surface area (Å²) in [6.07, 6.45) is 2.29. The summed E-state index contributed by atoms with van der Waals surface area (Å²) in [5, 5.41) is 0. The standard InChI is InChI=1S/C27H32N4O2/c1-3-30-24(21(2)26(33)31(30)23-12-8-5-9-13-23)20-28-18-15-27(16-19-28)25(32)14-17-29(27)22-10-6-4-7-11-22/h4-13H,3,14-20H2,1-2H3. The first-order chi connectivity index (χ1) is 16.0. The summed E-state index contributed by atoms with van der Waals surface area (Å²) in [5.74, 6) is 0.378. The van der Waals surface area contributed by atoms with E-state index in [9.17, 15) is 9.59 Å². The molecule has 1 aromatic heterocycles. The highest BCUT2D eigenvalue weighted by molar-refractivity contribution is 5.95. The normalized spacial score (nSPS) is 18.4. The molecule has 6 heteroatoms. The summed E-state index contributed by atoms with van der Waals surface area (Å²) in [6, 6.07) is 20.2. The Morgan fingerprint density at radius 3 is 2.06 bits per heavy atom. The SMILES string of the molecule is CCn1c(CN2CCC3(CC2)C(=O)CCN3c2ccccc2)c(C)c(=O)n1-c1ccccc1. The monoisotopic (exact) mass is 444 g/mol. The van der Waals surface area contributed by atoms with Crippen LogP contribution in [-0.2, 0) is 17.9 Å². The Labute approximate surface area is 195 Å². The number of carbonyl (C=O) groups is 1. The van der Waals surface area contributed by atoms with Crippen LogP contribution in [0.2, 0.25) is 0 Å². The summed E-state index contributed by atoms with van der Waals surface area (Å²) in [5.41, 5.74) is 3.59. The number of piperidine rings is 1. The molecule has 3 aromatic rings. The molecule has 1 spiro atoms. The third kappa shape index (κ3) is 3.62. The average molecular weight is 445 g/mol. The minimum Gasteiger partial charge on any atom is -0.358 e. The van der Waals surface area contributed by atoms with Crippen molar-refractivity contribution >= 4 is 11.5 Å². The zero-order chi connectivity index (χ0) is 23.0. The van der Waals surface area contributed by atoms with Crippen LogP contribution in [0, 0.1) is 6.92 Å². The highest BCUT2D eigenvalue weighted by Gasteiger charge is 2.49. The number of ketones is 1. The number of para-hydroxylation sites is 2.